The van der Waals surface area contributed by atoms with Crippen molar-refractivity contribution in [2.45, 2.75) is 12.3 Å². The van der Waals surface area contributed by atoms with Gasteiger partial charge in [0, 0.05) is 19.1 Å². The molecule has 3 saturated heterocycles. The lowest BCUT2D eigenvalue weighted by atomic mass is 10.2. The average Bonchev–Trinajstić information content (AvgIpc) is 1.92. The Bertz CT molecular complexity index is 65.4. The molecule has 0 amide bonds. The molecule has 3 aliphatic rings. The maximum atomic E-state index is 5.30. The van der Waals surface area contributed by atoms with Crippen LogP contribution in [0.4, 0.5) is 0 Å². The van der Waals surface area contributed by atoms with Gasteiger partial charge < -0.3 is 10.1 Å². The summed E-state index contributed by atoms with van der Waals surface area (Å²) in [6.07, 6.45) is 0.292. The Hall–Kier alpha value is -0.120. The predicted molar refractivity (Wildman–Crippen MR) is 29.5 cm³/mol. The van der Waals surface area contributed by atoms with E-state index in [1.165, 1.54) is 0 Å². The number of rotatable bonds is 0. The highest BCUT2D eigenvalue weighted by Crippen LogP contribution is 2.03. The molecule has 3 aliphatic heterocycles. The molecule has 3 heteroatoms. The first kappa shape index (κ1) is 4.73. The van der Waals surface area contributed by atoms with Gasteiger partial charge in [-0.05, 0) is 0 Å². The number of nitrogens with one attached hydrogen (secondary N) is 2. The summed E-state index contributed by atoms with van der Waals surface area (Å²) >= 11 is 0. The van der Waals surface area contributed by atoms with Crippen LogP contribution in [0.3, 0.4) is 0 Å². The van der Waals surface area contributed by atoms with Crippen molar-refractivity contribution in [1.82, 2.24) is 10.6 Å². The summed E-state index contributed by atoms with van der Waals surface area (Å²) in [5.74, 6) is 0. The Morgan fingerprint density at radius 3 is 2.38 bits per heavy atom. The summed E-state index contributed by atoms with van der Waals surface area (Å²) in [7, 11) is 0. The summed E-state index contributed by atoms with van der Waals surface area (Å²) in [6.45, 7) is 2.94. The first-order valence-electron chi connectivity index (χ1n) is 3.03. The van der Waals surface area contributed by atoms with E-state index in [1.807, 2.05) is 0 Å². The van der Waals surface area contributed by atoms with Crippen molar-refractivity contribution < 1.29 is 4.74 Å². The number of fused-ring (bicyclic) bond motifs is 3. The van der Waals surface area contributed by atoms with Gasteiger partial charge in [-0.15, -0.1) is 0 Å². The molecule has 3 rings (SSSR count). The standard InChI is InChI=1S/C5H10N2O/c1-4-3-8-5(7-1)2-6-4/h4-7H,1-3H2/t4?,5-/m0/s1. The second kappa shape index (κ2) is 1.69. The van der Waals surface area contributed by atoms with E-state index in [2.05, 4.69) is 10.6 Å². The van der Waals surface area contributed by atoms with Crippen molar-refractivity contribution in [3.8, 4) is 0 Å². The van der Waals surface area contributed by atoms with Gasteiger partial charge in [0.15, 0.2) is 0 Å². The van der Waals surface area contributed by atoms with Crippen LogP contribution in [0.5, 0.6) is 0 Å². The van der Waals surface area contributed by atoms with Gasteiger partial charge in [0.05, 0.1) is 6.61 Å². The number of hydrogen-bond donors (Lipinski definition) is 2. The number of piperazine rings is 1. The summed E-state index contributed by atoms with van der Waals surface area (Å²) in [6, 6.07) is 0.569. The van der Waals surface area contributed by atoms with Crippen LogP contribution in [0.25, 0.3) is 0 Å². The van der Waals surface area contributed by atoms with Crippen molar-refractivity contribution in [3.63, 3.8) is 0 Å². The minimum Gasteiger partial charge on any atom is -0.360 e. The lowest BCUT2D eigenvalue weighted by Gasteiger charge is -2.37. The van der Waals surface area contributed by atoms with Gasteiger partial charge in [0.25, 0.3) is 0 Å². The van der Waals surface area contributed by atoms with Gasteiger partial charge in [-0.1, -0.05) is 0 Å². The zero-order valence-electron chi connectivity index (χ0n) is 4.68. The van der Waals surface area contributed by atoms with E-state index >= 15 is 0 Å². The SMILES string of the molecule is C1N[C@@H]2CNC1CO2. The van der Waals surface area contributed by atoms with E-state index in [-0.39, 0.29) is 0 Å². The molecule has 0 aliphatic carbocycles. The summed E-state index contributed by atoms with van der Waals surface area (Å²) < 4.78 is 5.30. The maximum Gasteiger partial charge on any atom is 0.120 e. The molecular formula is C5H10N2O. The number of hydrogen-bond acceptors (Lipinski definition) is 3. The van der Waals surface area contributed by atoms with Crippen molar-refractivity contribution in [3.05, 3.63) is 0 Å². The smallest absolute Gasteiger partial charge is 0.120 e. The molecule has 0 radical (unpaired) electrons. The molecule has 1 unspecified atom stereocenters. The third-order valence-corrected chi connectivity index (χ3v) is 1.68. The van der Waals surface area contributed by atoms with Gasteiger partial charge in [-0.25, -0.2) is 0 Å². The van der Waals surface area contributed by atoms with E-state index in [0.717, 1.165) is 19.7 Å². The highest BCUT2D eigenvalue weighted by Gasteiger charge is 2.26. The fourth-order valence-electron chi connectivity index (χ4n) is 1.16. The summed E-state index contributed by atoms with van der Waals surface area (Å²) in [4.78, 5) is 0. The molecule has 3 heterocycles. The van der Waals surface area contributed by atoms with E-state index < -0.39 is 0 Å². The number of morpholine rings is 1. The Kier molecular flexibility index (Phi) is 0.997. The molecule has 0 saturated carbocycles. The minimum atomic E-state index is 0.292. The van der Waals surface area contributed by atoms with Crippen LogP contribution in [-0.2, 0) is 4.74 Å². The van der Waals surface area contributed by atoms with Crippen LogP contribution in [-0.4, -0.2) is 32.0 Å². The quantitative estimate of drug-likeness (QED) is 0.419. The minimum absolute atomic E-state index is 0.292. The van der Waals surface area contributed by atoms with Crippen LogP contribution in [0.1, 0.15) is 0 Å². The van der Waals surface area contributed by atoms with Crippen molar-refractivity contribution in [2.24, 2.45) is 0 Å². The Labute approximate surface area is 48.4 Å². The summed E-state index contributed by atoms with van der Waals surface area (Å²) in [5, 5.41) is 6.56. The van der Waals surface area contributed by atoms with E-state index in [0.29, 0.717) is 12.3 Å². The Morgan fingerprint density at radius 1 is 1.25 bits per heavy atom. The zero-order chi connectivity index (χ0) is 5.40. The molecule has 8 heavy (non-hydrogen) atoms. The van der Waals surface area contributed by atoms with Crippen molar-refractivity contribution in [1.29, 1.82) is 0 Å². The molecule has 2 atom stereocenters. The fourth-order valence-corrected chi connectivity index (χ4v) is 1.16. The third kappa shape index (κ3) is 0.632. The molecule has 3 fully saturated rings. The van der Waals surface area contributed by atoms with E-state index in [1.54, 1.807) is 0 Å². The second-order valence-electron chi connectivity index (χ2n) is 2.34. The van der Waals surface area contributed by atoms with Crippen LogP contribution in [0, 0.1) is 0 Å². The van der Waals surface area contributed by atoms with Gasteiger partial charge in [0.1, 0.15) is 6.23 Å². The molecule has 0 aromatic rings. The van der Waals surface area contributed by atoms with Gasteiger partial charge in [-0.3, -0.25) is 5.32 Å². The lowest BCUT2D eigenvalue weighted by molar-refractivity contribution is -0.0504. The van der Waals surface area contributed by atoms with Crippen LogP contribution < -0.4 is 10.6 Å². The average molecular weight is 114 g/mol. The molecule has 2 N–H and O–H groups in total. The molecule has 46 valence electrons. The normalized spacial score (nSPS) is 45.0. The van der Waals surface area contributed by atoms with Crippen LogP contribution >= 0.6 is 0 Å². The van der Waals surface area contributed by atoms with Crippen LogP contribution in [0.2, 0.25) is 0 Å². The fraction of sp³-hybridized carbons (Fsp3) is 1.00. The first-order chi connectivity index (χ1) is 3.95. The van der Waals surface area contributed by atoms with Crippen molar-refractivity contribution in [2.75, 3.05) is 19.7 Å². The molecule has 0 aromatic carbocycles. The van der Waals surface area contributed by atoms with Gasteiger partial charge in [-0.2, -0.15) is 0 Å². The topological polar surface area (TPSA) is 33.3 Å². The predicted octanol–water partition coefficient (Wildman–Crippen LogP) is -1.10. The summed E-state index contributed by atoms with van der Waals surface area (Å²) in [5.41, 5.74) is 0. The second-order valence-corrected chi connectivity index (χ2v) is 2.34. The van der Waals surface area contributed by atoms with Crippen molar-refractivity contribution >= 4 is 0 Å². The number of ether oxygens (including phenoxy) is 1. The zero-order valence-corrected chi connectivity index (χ0v) is 4.68. The molecular weight excluding hydrogens is 104 g/mol. The van der Waals surface area contributed by atoms with Gasteiger partial charge in [0.2, 0.25) is 0 Å². The van der Waals surface area contributed by atoms with E-state index in [9.17, 15) is 0 Å². The Balaban J connectivity index is 2.03. The van der Waals surface area contributed by atoms with Gasteiger partial charge >= 0.3 is 0 Å². The highest BCUT2D eigenvalue weighted by atomic mass is 16.5. The van der Waals surface area contributed by atoms with Crippen LogP contribution in [0.15, 0.2) is 0 Å². The first-order valence-corrected chi connectivity index (χ1v) is 3.03. The Morgan fingerprint density at radius 2 is 2.25 bits per heavy atom. The third-order valence-electron chi connectivity index (χ3n) is 1.68. The molecule has 2 bridgehead atoms. The molecule has 0 spiro atoms. The lowest BCUT2D eigenvalue weighted by Crippen LogP contribution is -2.62. The largest absolute Gasteiger partial charge is 0.360 e. The molecule has 0 aromatic heterocycles. The molecule has 3 nitrogen and oxygen atoms in total. The monoisotopic (exact) mass is 114 g/mol. The van der Waals surface area contributed by atoms with E-state index in [4.69, 9.17) is 4.74 Å². The maximum absolute atomic E-state index is 5.30. The highest BCUT2D eigenvalue weighted by molar-refractivity contribution is 4.83.